The molecule has 1 amide bonds. The number of nitrogens with two attached hydrogens (primary N) is 2. The number of allylic oxidation sites excluding steroid dienone is 2. The first-order chi connectivity index (χ1) is 13.6. The van der Waals surface area contributed by atoms with Crippen molar-refractivity contribution in [2.24, 2.45) is 23.3 Å². The second kappa shape index (κ2) is 6.82. The monoisotopic (exact) mass is 397 g/mol. The Morgan fingerprint density at radius 3 is 2.76 bits per heavy atom. The maximum atomic E-state index is 15.4. The molecule has 6 N–H and O–H groups in total. The number of H-pyrrole nitrogens is 1. The van der Waals surface area contributed by atoms with E-state index in [1.54, 1.807) is 0 Å². The zero-order valence-electron chi connectivity index (χ0n) is 17.1. The zero-order valence-corrected chi connectivity index (χ0v) is 17.1. The molecule has 0 bridgehead atoms. The van der Waals surface area contributed by atoms with Gasteiger partial charge in [0, 0.05) is 28.6 Å². The van der Waals surface area contributed by atoms with Gasteiger partial charge in [0.2, 0.25) is 0 Å². The SMILES string of the molecule is C[C@@H]1C(c2c(F)cc(C(N)=O)c3[nH]c4c(c23)CC[C@H](C(C)(C)O)C4)=CC=C[C@@H]1N. The Morgan fingerprint density at radius 1 is 1.38 bits per heavy atom. The predicted molar refractivity (Wildman–Crippen MR) is 113 cm³/mol. The first-order valence-corrected chi connectivity index (χ1v) is 10.1. The van der Waals surface area contributed by atoms with Crippen LogP contribution < -0.4 is 11.5 Å². The van der Waals surface area contributed by atoms with E-state index in [-0.39, 0.29) is 23.4 Å². The summed E-state index contributed by atoms with van der Waals surface area (Å²) in [6, 6.07) is 1.03. The number of carbonyl (C=O) groups excluding carboxylic acids is 1. The number of hydrogen-bond donors (Lipinski definition) is 4. The maximum Gasteiger partial charge on any atom is 0.250 e. The van der Waals surface area contributed by atoms with Gasteiger partial charge >= 0.3 is 0 Å². The number of amides is 1. The third-order valence-corrected chi connectivity index (χ3v) is 6.64. The van der Waals surface area contributed by atoms with Gasteiger partial charge in [0.25, 0.3) is 5.91 Å². The molecule has 1 heterocycles. The van der Waals surface area contributed by atoms with Crippen LogP contribution in [0, 0.1) is 17.7 Å². The fraction of sp³-hybridized carbons (Fsp3) is 0.435. The standard InChI is InChI=1S/C23H28FN3O2/c1-11-13(5-4-6-17(11)25)19-16(24)10-15(22(26)28)21-20(19)14-8-7-12(23(2,3)29)9-18(14)27-21/h4-6,10-12,17,27,29H,7-9,25H2,1-3H3,(H2,26,28)/t11-,12+,17+/m1/s1. The summed E-state index contributed by atoms with van der Waals surface area (Å²) in [5.41, 5.74) is 15.0. The van der Waals surface area contributed by atoms with E-state index >= 15 is 4.39 Å². The average Bonchev–Trinajstić information content (AvgIpc) is 3.01. The average molecular weight is 397 g/mol. The topological polar surface area (TPSA) is 105 Å². The van der Waals surface area contributed by atoms with Gasteiger partial charge in [-0.25, -0.2) is 4.39 Å². The number of aromatic nitrogens is 1. The minimum absolute atomic E-state index is 0.0598. The minimum Gasteiger partial charge on any atom is -0.390 e. The fourth-order valence-corrected chi connectivity index (χ4v) is 4.78. The molecule has 4 rings (SSSR count). The number of rotatable bonds is 3. The van der Waals surface area contributed by atoms with E-state index in [9.17, 15) is 9.90 Å². The summed E-state index contributed by atoms with van der Waals surface area (Å²) in [7, 11) is 0. The number of aryl methyl sites for hydroxylation is 1. The predicted octanol–water partition coefficient (Wildman–Crippen LogP) is 3.20. The van der Waals surface area contributed by atoms with Crippen LogP contribution in [0.4, 0.5) is 4.39 Å². The Kier molecular flexibility index (Phi) is 4.67. The van der Waals surface area contributed by atoms with E-state index in [4.69, 9.17) is 11.5 Å². The fourth-order valence-electron chi connectivity index (χ4n) is 4.78. The molecule has 0 fully saturated rings. The second-order valence-corrected chi connectivity index (χ2v) is 8.94. The first-order valence-electron chi connectivity index (χ1n) is 10.1. The van der Waals surface area contributed by atoms with Crippen molar-refractivity contribution in [1.82, 2.24) is 4.98 Å². The lowest BCUT2D eigenvalue weighted by atomic mass is 9.76. The summed E-state index contributed by atoms with van der Waals surface area (Å²) in [5.74, 6) is -1.10. The van der Waals surface area contributed by atoms with Crippen LogP contribution in [0.1, 0.15) is 54.4 Å². The molecule has 2 aliphatic carbocycles. The molecule has 0 unspecified atom stereocenters. The van der Waals surface area contributed by atoms with Gasteiger partial charge in [-0.05, 0) is 56.2 Å². The van der Waals surface area contributed by atoms with Gasteiger partial charge in [-0.2, -0.15) is 0 Å². The third kappa shape index (κ3) is 3.20. The normalized spacial score (nSPS) is 24.5. The van der Waals surface area contributed by atoms with Gasteiger partial charge in [0.15, 0.2) is 0 Å². The van der Waals surface area contributed by atoms with Crippen LogP contribution in [-0.2, 0) is 12.8 Å². The van der Waals surface area contributed by atoms with Crippen LogP contribution >= 0.6 is 0 Å². The van der Waals surface area contributed by atoms with Crippen molar-refractivity contribution >= 4 is 22.4 Å². The molecular weight excluding hydrogens is 369 g/mol. The molecule has 0 radical (unpaired) electrons. The largest absolute Gasteiger partial charge is 0.390 e. The number of fused-ring (bicyclic) bond motifs is 3. The first kappa shape index (κ1) is 19.9. The van der Waals surface area contributed by atoms with Crippen LogP contribution in [0.25, 0.3) is 16.5 Å². The summed E-state index contributed by atoms with van der Waals surface area (Å²) >= 11 is 0. The van der Waals surface area contributed by atoms with Gasteiger partial charge in [0.05, 0.1) is 16.7 Å². The van der Waals surface area contributed by atoms with Crippen molar-refractivity contribution in [2.45, 2.75) is 51.7 Å². The second-order valence-electron chi connectivity index (χ2n) is 8.94. The zero-order chi connectivity index (χ0) is 21.1. The summed E-state index contributed by atoms with van der Waals surface area (Å²) < 4.78 is 15.4. The number of primary amides is 1. The molecule has 6 heteroatoms. The molecule has 0 saturated heterocycles. The van der Waals surface area contributed by atoms with E-state index in [1.165, 1.54) is 6.07 Å². The highest BCUT2D eigenvalue weighted by Crippen LogP contribution is 2.43. The molecule has 1 aromatic carbocycles. The van der Waals surface area contributed by atoms with E-state index in [0.717, 1.165) is 28.6 Å². The van der Waals surface area contributed by atoms with E-state index in [1.807, 2.05) is 39.0 Å². The Morgan fingerprint density at radius 2 is 2.10 bits per heavy atom. The molecule has 0 aliphatic heterocycles. The lowest BCUT2D eigenvalue weighted by Crippen LogP contribution is -2.35. The summed E-state index contributed by atoms with van der Waals surface area (Å²) in [5, 5.41) is 11.2. The van der Waals surface area contributed by atoms with Crippen molar-refractivity contribution < 1.29 is 14.3 Å². The molecule has 2 aromatic rings. The minimum atomic E-state index is -0.812. The molecular formula is C23H28FN3O2. The number of nitrogens with one attached hydrogen (secondary N) is 1. The molecule has 0 spiro atoms. The maximum absolute atomic E-state index is 15.4. The summed E-state index contributed by atoms with van der Waals surface area (Å²) in [6.07, 6.45) is 7.79. The van der Waals surface area contributed by atoms with Crippen LogP contribution in [0.3, 0.4) is 0 Å². The molecule has 3 atom stereocenters. The number of carbonyl (C=O) groups is 1. The summed E-state index contributed by atoms with van der Waals surface area (Å²) in [6.45, 7) is 5.61. The number of aliphatic hydroxyl groups is 1. The molecule has 0 saturated carbocycles. The van der Waals surface area contributed by atoms with E-state index in [2.05, 4.69) is 4.98 Å². The number of hydrogen-bond acceptors (Lipinski definition) is 3. The lowest BCUT2D eigenvalue weighted by molar-refractivity contribution is 0.0107. The van der Waals surface area contributed by atoms with Crippen molar-refractivity contribution in [1.29, 1.82) is 0 Å². The van der Waals surface area contributed by atoms with Gasteiger partial charge in [-0.15, -0.1) is 0 Å². The molecule has 2 aliphatic rings. The molecule has 1 aromatic heterocycles. The lowest BCUT2D eigenvalue weighted by Gasteiger charge is -2.32. The Labute approximate surface area is 169 Å². The van der Waals surface area contributed by atoms with Gasteiger partial charge < -0.3 is 21.6 Å². The quantitative estimate of drug-likeness (QED) is 0.639. The summed E-state index contributed by atoms with van der Waals surface area (Å²) in [4.78, 5) is 15.4. The van der Waals surface area contributed by atoms with Crippen LogP contribution in [0.5, 0.6) is 0 Å². The smallest absolute Gasteiger partial charge is 0.250 e. The van der Waals surface area contributed by atoms with Crippen LogP contribution in [0.2, 0.25) is 0 Å². The number of halogens is 1. The highest BCUT2D eigenvalue weighted by Gasteiger charge is 2.35. The highest BCUT2D eigenvalue weighted by molar-refractivity contribution is 6.09. The van der Waals surface area contributed by atoms with Crippen LogP contribution in [0.15, 0.2) is 24.3 Å². The molecule has 154 valence electrons. The number of benzene rings is 1. The van der Waals surface area contributed by atoms with E-state index < -0.39 is 17.3 Å². The van der Waals surface area contributed by atoms with Crippen molar-refractivity contribution in [3.05, 3.63) is 52.5 Å². The number of aromatic amines is 1. The van der Waals surface area contributed by atoms with Crippen LogP contribution in [-0.4, -0.2) is 27.6 Å². The van der Waals surface area contributed by atoms with Gasteiger partial charge in [0.1, 0.15) is 5.82 Å². The van der Waals surface area contributed by atoms with Crippen molar-refractivity contribution in [3.63, 3.8) is 0 Å². The third-order valence-electron chi connectivity index (χ3n) is 6.64. The van der Waals surface area contributed by atoms with Crippen molar-refractivity contribution in [2.75, 3.05) is 0 Å². The molecule has 29 heavy (non-hydrogen) atoms. The van der Waals surface area contributed by atoms with E-state index in [0.29, 0.717) is 23.9 Å². The Balaban J connectivity index is 1.99. The Bertz CT molecular complexity index is 1060. The molecule has 5 nitrogen and oxygen atoms in total. The van der Waals surface area contributed by atoms with Gasteiger partial charge in [-0.1, -0.05) is 25.2 Å². The highest BCUT2D eigenvalue weighted by atomic mass is 19.1. The van der Waals surface area contributed by atoms with Crippen molar-refractivity contribution in [3.8, 4) is 0 Å². The van der Waals surface area contributed by atoms with Gasteiger partial charge in [-0.3, -0.25) is 4.79 Å². The Hall–Kier alpha value is -2.44.